The van der Waals surface area contributed by atoms with Gasteiger partial charge in [0.2, 0.25) is 0 Å². The Morgan fingerprint density at radius 1 is 1.26 bits per heavy atom. The summed E-state index contributed by atoms with van der Waals surface area (Å²) in [7, 11) is 3.63. The summed E-state index contributed by atoms with van der Waals surface area (Å²) in [5.74, 6) is 0.873. The van der Waals surface area contributed by atoms with Gasteiger partial charge in [0, 0.05) is 19.8 Å². The zero-order chi connectivity index (χ0) is 13.5. The van der Waals surface area contributed by atoms with Crippen LogP contribution < -0.4 is 10.1 Å². The second-order valence-electron chi connectivity index (χ2n) is 4.77. The molecular formula is C15H23NO3. The SMILES string of the molecule is CNCC(OC1CCOCC1)c1ccc(OC)cc1. The summed E-state index contributed by atoms with van der Waals surface area (Å²) < 4.78 is 16.8. The van der Waals surface area contributed by atoms with Gasteiger partial charge in [0.15, 0.2) is 0 Å². The quantitative estimate of drug-likeness (QED) is 0.855. The van der Waals surface area contributed by atoms with Crippen LogP contribution in [-0.4, -0.2) is 40.0 Å². The van der Waals surface area contributed by atoms with Crippen molar-refractivity contribution in [1.29, 1.82) is 0 Å². The number of rotatable bonds is 6. The summed E-state index contributed by atoms with van der Waals surface area (Å²) in [5.41, 5.74) is 1.18. The lowest BCUT2D eigenvalue weighted by molar-refractivity contribution is -0.0684. The lowest BCUT2D eigenvalue weighted by atomic mass is 10.1. The first kappa shape index (κ1) is 14.3. The molecule has 19 heavy (non-hydrogen) atoms. The van der Waals surface area contributed by atoms with E-state index in [1.165, 1.54) is 5.56 Å². The number of hydrogen-bond acceptors (Lipinski definition) is 4. The maximum absolute atomic E-state index is 6.21. The minimum absolute atomic E-state index is 0.0824. The molecule has 0 aliphatic carbocycles. The van der Waals surface area contributed by atoms with Crippen LogP contribution in [0.15, 0.2) is 24.3 Å². The molecule has 0 saturated carbocycles. The summed E-state index contributed by atoms with van der Waals surface area (Å²) in [6.07, 6.45) is 2.35. The predicted octanol–water partition coefficient (Wildman–Crippen LogP) is 2.15. The van der Waals surface area contributed by atoms with E-state index < -0.39 is 0 Å². The third-order valence-corrected chi connectivity index (χ3v) is 3.40. The summed E-state index contributed by atoms with van der Waals surface area (Å²) in [6.45, 7) is 2.42. The van der Waals surface area contributed by atoms with E-state index in [4.69, 9.17) is 14.2 Å². The van der Waals surface area contributed by atoms with E-state index in [1.54, 1.807) is 7.11 Å². The van der Waals surface area contributed by atoms with Crippen molar-refractivity contribution in [2.75, 3.05) is 33.9 Å². The average molecular weight is 265 g/mol. The maximum Gasteiger partial charge on any atom is 0.118 e. The molecule has 1 N–H and O–H groups in total. The molecule has 1 aliphatic rings. The highest BCUT2D eigenvalue weighted by Crippen LogP contribution is 2.24. The van der Waals surface area contributed by atoms with Crippen LogP contribution in [0.3, 0.4) is 0 Å². The number of hydrogen-bond donors (Lipinski definition) is 1. The van der Waals surface area contributed by atoms with Crippen molar-refractivity contribution >= 4 is 0 Å². The van der Waals surface area contributed by atoms with Crippen LogP contribution in [0.25, 0.3) is 0 Å². The average Bonchev–Trinajstić information content (AvgIpc) is 2.48. The molecular weight excluding hydrogens is 242 g/mol. The van der Waals surface area contributed by atoms with Crippen LogP contribution in [0.1, 0.15) is 24.5 Å². The molecule has 4 nitrogen and oxygen atoms in total. The molecule has 0 radical (unpaired) electrons. The second kappa shape index (κ2) is 7.48. The second-order valence-corrected chi connectivity index (χ2v) is 4.77. The normalized spacial score (nSPS) is 18.2. The molecule has 0 bridgehead atoms. The third kappa shape index (κ3) is 4.20. The Bertz CT molecular complexity index is 360. The number of likely N-dealkylation sites (N-methyl/N-ethyl adjacent to an activating group) is 1. The molecule has 1 saturated heterocycles. The molecule has 1 heterocycles. The zero-order valence-corrected chi connectivity index (χ0v) is 11.7. The van der Waals surface area contributed by atoms with Gasteiger partial charge in [0.05, 0.1) is 19.3 Å². The van der Waals surface area contributed by atoms with E-state index >= 15 is 0 Å². The lowest BCUT2D eigenvalue weighted by Gasteiger charge is -2.28. The zero-order valence-electron chi connectivity index (χ0n) is 11.7. The Morgan fingerprint density at radius 3 is 2.53 bits per heavy atom. The highest BCUT2D eigenvalue weighted by Gasteiger charge is 2.20. The molecule has 0 spiro atoms. The van der Waals surface area contributed by atoms with Crippen molar-refractivity contribution in [2.45, 2.75) is 25.0 Å². The van der Waals surface area contributed by atoms with E-state index in [2.05, 4.69) is 17.4 Å². The van der Waals surface area contributed by atoms with Gasteiger partial charge in [-0.1, -0.05) is 12.1 Å². The number of ether oxygens (including phenoxy) is 3. The van der Waals surface area contributed by atoms with Crippen LogP contribution in [0, 0.1) is 0 Å². The first-order valence-electron chi connectivity index (χ1n) is 6.85. The molecule has 0 amide bonds. The molecule has 0 aromatic heterocycles. The molecule has 1 unspecified atom stereocenters. The molecule has 4 heteroatoms. The van der Waals surface area contributed by atoms with E-state index in [-0.39, 0.29) is 6.10 Å². The summed E-state index contributed by atoms with van der Waals surface area (Å²) >= 11 is 0. The minimum Gasteiger partial charge on any atom is -0.497 e. The van der Waals surface area contributed by atoms with E-state index in [1.807, 2.05) is 19.2 Å². The number of benzene rings is 1. The van der Waals surface area contributed by atoms with Crippen molar-refractivity contribution in [3.05, 3.63) is 29.8 Å². The van der Waals surface area contributed by atoms with Gasteiger partial charge in [0.25, 0.3) is 0 Å². The van der Waals surface area contributed by atoms with Gasteiger partial charge < -0.3 is 19.5 Å². The molecule has 106 valence electrons. The highest BCUT2D eigenvalue weighted by atomic mass is 16.5. The topological polar surface area (TPSA) is 39.7 Å². The van der Waals surface area contributed by atoms with Gasteiger partial charge >= 0.3 is 0 Å². The van der Waals surface area contributed by atoms with Crippen molar-refractivity contribution in [3.8, 4) is 5.75 Å². The third-order valence-electron chi connectivity index (χ3n) is 3.40. The monoisotopic (exact) mass is 265 g/mol. The largest absolute Gasteiger partial charge is 0.497 e. The van der Waals surface area contributed by atoms with Crippen LogP contribution in [0.4, 0.5) is 0 Å². The lowest BCUT2D eigenvalue weighted by Crippen LogP contribution is -2.29. The van der Waals surface area contributed by atoms with E-state index in [0.717, 1.165) is 38.3 Å². The number of methoxy groups -OCH3 is 1. The van der Waals surface area contributed by atoms with Gasteiger partial charge in [-0.05, 0) is 37.6 Å². The van der Waals surface area contributed by atoms with Gasteiger partial charge in [0.1, 0.15) is 5.75 Å². The fourth-order valence-electron chi connectivity index (χ4n) is 2.29. The Morgan fingerprint density at radius 2 is 1.95 bits per heavy atom. The van der Waals surface area contributed by atoms with Crippen molar-refractivity contribution in [1.82, 2.24) is 5.32 Å². The standard InChI is InChI=1S/C15H23NO3/c1-16-11-15(19-14-7-9-18-10-8-14)12-3-5-13(17-2)6-4-12/h3-6,14-16H,7-11H2,1-2H3. The summed E-state index contributed by atoms with van der Waals surface area (Å²) in [4.78, 5) is 0. The van der Waals surface area contributed by atoms with Crippen molar-refractivity contribution in [2.24, 2.45) is 0 Å². The Labute approximate surface area is 115 Å². The van der Waals surface area contributed by atoms with Crippen molar-refractivity contribution < 1.29 is 14.2 Å². The molecule has 1 aliphatic heterocycles. The maximum atomic E-state index is 6.21. The predicted molar refractivity (Wildman–Crippen MR) is 74.6 cm³/mol. The first-order chi connectivity index (χ1) is 9.33. The van der Waals surface area contributed by atoms with Gasteiger partial charge in [-0.15, -0.1) is 0 Å². The Kier molecular flexibility index (Phi) is 5.63. The van der Waals surface area contributed by atoms with Gasteiger partial charge in [-0.3, -0.25) is 0 Å². The fraction of sp³-hybridized carbons (Fsp3) is 0.600. The van der Waals surface area contributed by atoms with Crippen LogP contribution in [-0.2, 0) is 9.47 Å². The summed E-state index contributed by atoms with van der Waals surface area (Å²) in [5, 5.41) is 3.20. The van der Waals surface area contributed by atoms with Gasteiger partial charge in [-0.2, -0.15) is 0 Å². The Hall–Kier alpha value is -1.10. The smallest absolute Gasteiger partial charge is 0.118 e. The molecule has 2 rings (SSSR count). The van der Waals surface area contributed by atoms with E-state index in [0.29, 0.717) is 6.10 Å². The van der Waals surface area contributed by atoms with Gasteiger partial charge in [-0.25, -0.2) is 0 Å². The van der Waals surface area contributed by atoms with Crippen LogP contribution in [0.5, 0.6) is 5.75 Å². The minimum atomic E-state index is 0.0824. The molecule has 1 fully saturated rings. The first-order valence-corrected chi connectivity index (χ1v) is 6.85. The summed E-state index contributed by atoms with van der Waals surface area (Å²) in [6, 6.07) is 8.09. The fourth-order valence-corrected chi connectivity index (χ4v) is 2.29. The number of nitrogens with one attached hydrogen (secondary N) is 1. The van der Waals surface area contributed by atoms with Crippen molar-refractivity contribution in [3.63, 3.8) is 0 Å². The molecule has 1 atom stereocenters. The molecule has 1 aromatic carbocycles. The van der Waals surface area contributed by atoms with Crippen LogP contribution >= 0.6 is 0 Å². The van der Waals surface area contributed by atoms with E-state index in [9.17, 15) is 0 Å². The molecule has 1 aromatic rings. The highest BCUT2D eigenvalue weighted by molar-refractivity contribution is 5.28. The Balaban J connectivity index is 2.00. The van der Waals surface area contributed by atoms with Crippen LogP contribution in [0.2, 0.25) is 0 Å².